The monoisotopic (exact) mass is 219 g/mol. The minimum Gasteiger partial charge on any atom is -0.250 e. The highest BCUT2D eigenvalue weighted by molar-refractivity contribution is 7.98. The fourth-order valence-electron chi connectivity index (χ4n) is 1.22. The minimum absolute atomic E-state index is 0.186. The molecule has 2 aromatic rings. The van der Waals surface area contributed by atoms with E-state index in [0.29, 0.717) is 0 Å². The third-order valence-electron chi connectivity index (χ3n) is 1.91. The number of thioether (sulfide) groups is 1. The predicted molar refractivity (Wildman–Crippen MR) is 60.2 cm³/mol. The molecule has 15 heavy (non-hydrogen) atoms. The Hall–Kier alpha value is -1.35. The van der Waals surface area contributed by atoms with Crippen LogP contribution >= 0.6 is 11.8 Å². The molecule has 0 amide bonds. The maximum absolute atomic E-state index is 12.9. The Morgan fingerprint density at radius 3 is 2.80 bits per heavy atom. The van der Waals surface area contributed by atoms with Gasteiger partial charge in [0.15, 0.2) is 0 Å². The van der Waals surface area contributed by atoms with E-state index in [4.69, 9.17) is 0 Å². The van der Waals surface area contributed by atoms with Crippen LogP contribution in [0.4, 0.5) is 4.39 Å². The van der Waals surface area contributed by atoms with Crippen LogP contribution in [0.15, 0.2) is 53.7 Å². The lowest BCUT2D eigenvalue weighted by atomic mass is 10.2. The van der Waals surface area contributed by atoms with Crippen molar-refractivity contribution in [3.05, 3.63) is 60.0 Å². The predicted octanol–water partition coefficient (Wildman–Crippen LogP) is 3.51. The van der Waals surface area contributed by atoms with Gasteiger partial charge >= 0.3 is 0 Å². The first-order valence-electron chi connectivity index (χ1n) is 4.63. The van der Waals surface area contributed by atoms with E-state index >= 15 is 0 Å². The van der Waals surface area contributed by atoms with Crippen LogP contribution < -0.4 is 0 Å². The normalized spacial score (nSPS) is 10.2. The molecule has 1 nitrogen and oxygen atoms in total. The van der Waals surface area contributed by atoms with E-state index in [0.717, 1.165) is 16.3 Å². The lowest BCUT2D eigenvalue weighted by Gasteiger charge is -2.00. The highest BCUT2D eigenvalue weighted by Gasteiger charge is 1.97. The number of rotatable bonds is 3. The molecule has 76 valence electrons. The highest BCUT2D eigenvalue weighted by atomic mass is 32.2. The molecule has 0 aliphatic heterocycles. The van der Waals surface area contributed by atoms with Gasteiger partial charge in [0.05, 0.1) is 5.03 Å². The number of hydrogen-bond donors (Lipinski definition) is 0. The summed E-state index contributed by atoms with van der Waals surface area (Å²) in [5, 5.41) is 0.960. The summed E-state index contributed by atoms with van der Waals surface area (Å²) >= 11 is 1.60. The van der Waals surface area contributed by atoms with Gasteiger partial charge in [0.2, 0.25) is 0 Å². The van der Waals surface area contributed by atoms with Crippen molar-refractivity contribution >= 4 is 11.8 Å². The van der Waals surface area contributed by atoms with Gasteiger partial charge in [-0.25, -0.2) is 9.37 Å². The van der Waals surface area contributed by atoms with Crippen molar-refractivity contribution in [1.29, 1.82) is 0 Å². The van der Waals surface area contributed by atoms with Crippen LogP contribution in [-0.4, -0.2) is 4.98 Å². The Morgan fingerprint density at radius 2 is 2.07 bits per heavy atom. The highest BCUT2D eigenvalue weighted by Crippen LogP contribution is 2.20. The molecule has 0 saturated carbocycles. The van der Waals surface area contributed by atoms with Crippen molar-refractivity contribution < 1.29 is 4.39 Å². The van der Waals surface area contributed by atoms with E-state index in [-0.39, 0.29) is 5.82 Å². The molecule has 0 radical (unpaired) electrons. The first-order valence-corrected chi connectivity index (χ1v) is 5.61. The molecule has 0 atom stereocenters. The molecule has 1 aromatic carbocycles. The van der Waals surface area contributed by atoms with Gasteiger partial charge in [-0.05, 0) is 29.8 Å². The Labute approximate surface area is 92.4 Å². The van der Waals surface area contributed by atoms with Crippen molar-refractivity contribution in [2.75, 3.05) is 0 Å². The Balaban J connectivity index is 1.99. The van der Waals surface area contributed by atoms with E-state index in [1.54, 1.807) is 30.1 Å². The SMILES string of the molecule is Fc1cccc(CSc2ccccn2)c1. The summed E-state index contributed by atoms with van der Waals surface area (Å²) in [6, 6.07) is 12.4. The van der Waals surface area contributed by atoms with Gasteiger partial charge in [-0.1, -0.05) is 18.2 Å². The summed E-state index contributed by atoms with van der Waals surface area (Å²) < 4.78 is 12.9. The smallest absolute Gasteiger partial charge is 0.123 e. The van der Waals surface area contributed by atoms with Gasteiger partial charge in [0.25, 0.3) is 0 Å². The summed E-state index contributed by atoms with van der Waals surface area (Å²) in [5.41, 5.74) is 0.977. The molecule has 1 aromatic heterocycles. The lowest BCUT2D eigenvalue weighted by Crippen LogP contribution is -1.83. The summed E-state index contributed by atoms with van der Waals surface area (Å²) in [4.78, 5) is 4.19. The molecule has 0 N–H and O–H groups in total. The van der Waals surface area contributed by atoms with Gasteiger partial charge in [-0.15, -0.1) is 11.8 Å². The van der Waals surface area contributed by atoms with E-state index in [1.807, 2.05) is 24.3 Å². The fraction of sp³-hybridized carbons (Fsp3) is 0.0833. The largest absolute Gasteiger partial charge is 0.250 e. The van der Waals surface area contributed by atoms with Crippen molar-refractivity contribution in [3.8, 4) is 0 Å². The van der Waals surface area contributed by atoms with Crippen LogP contribution in [0, 0.1) is 5.82 Å². The molecule has 0 saturated heterocycles. The molecular formula is C12H10FNS. The van der Waals surface area contributed by atoms with Crippen LogP contribution in [0.25, 0.3) is 0 Å². The first kappa shape index (κ1) is 10.2. The summed E-state index contributed by atoms with van der Waals surface area (Å²) in [7, 11) is 0. The van der Waals surface area contributed by atoms with Crippen molar-refractivity contribution in [3.63, 3.8) is 0 Å². The van der Waals surface area contributed by atoms with Crippen LogP contribution in [0.1, 0.15) is 5.56 Å². The van der Waals surface area contributed by atoms with E-state index < -0.39 is 0 Å². The molecule has 0 unspecified atom stereocenters. The molecule has 0 bridgehead atoms. The van der Waals surface area contributed by atoms with E-state index in [9.17, 15) is 4.39 Å². The maximum atomic E-state index is 12.9. The lowest BCUT2D eigenvalue weighted by molar-refractivity contribution is 0.626. The summed E-state index contributed by atoms with van der Waals surface area (Å²) in [5.74, 6) is 0.559. The Morgan fingerprint density at radius 1 is 1.13 bits per heavy atom. The third-order valence-corrected chi connectivity index (χ3v) is 2.93. The second-order valence-corrected chi connectivity index (χ2v) is 4.08. The number of halogens is 1. The summed E-state index contributed by atoms with van der Waals surface area (Å²) in [6.07, 6.45) is 1.76. The van der Waals surface area contributed by atoms with E-state index in [1.165, 1.54) is 6.07 Å². The van der Waals surface area contributed by atoms with Gasteiger partial charge in [-0.3, -0.25) is 0 Å². The molecule has 0 aliphatic rings. The molecule has 0 spiro atoms. The van der Waals surface area contributed by atoms with Crippen LogP contribution in [0.2, 0.25) is 0 Å². The molecule has 2 rings (SSSR count). The molecule has 3 heteroatoms. The zero-order valence-corrected chi connectivity index (χ0v) is 8.88. The van der Waals surface area contributed by atoms with E-state index in [2.05, 4.69) is 4.98 Å². The molecule has 1 heterocycles. The fourth-order valence-corrected chi connectivity index (χ4v) is 2.02. The average molecular weight is 219 g/mol. The minimum atomic E-state index is -0.186. The van der Waals surface area contributed by atoms with Crippen molar-refractivity contribution in [2.24, 2.45) is 0 Å². The second-order valence-electron chi connectivity index (χ2n) is 3.09. The Kier molecular flexibility index (Phi) is 3.35. The van der Waals surface area contributed by atoms with Crippen molar-refractivity contribution in [2.45, 2.75) is 10.8 Å². The zero-order chi connectivity index (χ0) is 10.5. The molecule has 0 aliphatic carbocycles. The summed E-state index contributed by atoms with van der Waals surface area (Å²) in [6.45, 7) is 0. The average Bonchev–Trinajstić information content (AvgIpc) is 2.28. The second kappa shape index (κ2) is 4.94. The van der Waals surface area contributed by atoms with Crippen LogP contribution in [-0.2, 0) is 5.75 Å². The standard InChI is InChI=1S/C12H10FNS/c13-11-5-3-4-10(8-11)9-15-12-6-1-2-7-14-12/h1-8H,9H2. The first-order chi connectivity index (χ1) is 7.34. The maximum Gasteiger partial charge on any atom is 0.123 e. The van der Waals surface area contributed by atoms with Gasteiger partial charge in [0.1, 0.15) is 5.82 Å². The Bertz CT molecular complexity index is 431. The van der Waals surface area contributed by atoms with Crippen LogP contribution in [0.5, 0.6) is 0 Å². The molecule has 0 fully saturated rings. The van der Waals surface area contributed by atoms with Gasteiger partial charge in [-0.2, -0.15) is 0 Å². The van der Waals surface area contributed by atoms with Crippen LogP contribution in [0.3, 0.4) is 0 Å². The van der Waals surface area contributed by atoms with Gasteiger partial charge in [0, 0.05) is 11.9 Å². The zero-order valence-electron chi connectivity index (χ0n) is 8.06. The third kappa shape index (κ3) is 3.06. The quantitative estimate of drug-likeness (QED) is 0.733. The number of nitrogens with zero attached hydrogens (tertiary/aromatic N) is 1. The van der Waals surface area contributed by atoms with Crippen molar-refractivity contribution in [1.82, 2.24) is 4.98 Å². The topological polar surface area (TPSA) is 12.9 Å². The number of benzene rings is 1. The number of hydrogen-bond acceptors (Lipinski definition) is 2. The van der Waals surface area contributed by atoms with Gasteiger partial charge < -0.3 is 0 Å². The number of aromatic nitrogens is 1. The molecular weight excluding hydrogens is 209 g/mol. The number of pyridine rings is 1.